The molecule has 112 valence electrons. The number of hydrogen-bond donors (Lipinski definition) is 2. The molecule has 2 atom stereocenters. The monoisotopic (exact) mass is 318 g/mol. The van der Waals surface area contributed by atoms with Crippen LogP contribution in [0, 0.1) is 12.8 Å². The third kappa shape index (κ3) is 3.25. The van der Waals surface area contributed by atoms with E-state index < -0.39 is 10.0 Å². The molecule has 20 heavy (non-hydrogen) atoms. The van der Waals surface area contributed by atoms with Gasteiger partial charge >= 0.3 is 0 Å². The third-order valence-corrected chi connectivity index (χ3v) is 5.55. The molecule has 1 fully saturated rings. The standard InChI is InChI=1S/C13H19ClN2O3S/c1-8-5-11(14)12(15)6-13(8)20(17,18)16-7-10-3-4-19-9(10)2/h5-6,9-10,16H,3-4,7,15H2,1-2H3. The van der Waals surface area contributed by atoms with Crippen LogP contribution in [0.1, 0.15) is 18.9 Å². The average molecular weight is 319 g/mol. The summed E-state index contributed by atoms with van der Waals surface area (Å²) in [6.45, 7) is 4.70. The normalized spacial score (nSPS) is 23.1. The van der Waals surface area contributed by atoms with Crippen molar-refractivity contribution in [2.45, 2.75) is 31.3 Å². The fourth-order valence-electron chi connectivity index (χ4n) is 2.30. The first-order chi connectivity index (χ1) is 9.31. The minimum absolute atomic E-state index is 0.0779. The highest BCUT2D eigenvalue weighted by Crippen LogP contribution is 2.26. The van der Waals surface area contributed by atoms with Crippen molar-refractivity contribution < 1.29 is 13.2 Å². The molecule has 7 heteroatoms. The van der Waals surface area contributed by atoms with Gasteiger partial charge in [0.05, 0.1) is 21.7 Å². The number of rotatable bonds is 4. The molecule has 1 aliphatic rings. The lowest BCUT2D eigenvalue weighted by molar-refractivity contribution is 0.107. The number of anilines is 1. The third-order valence-electron chi connectivity index (χ3n) is 3.65. The summed E-state index contributed by atoms with van der Waals surface area (Å²) in [5.74, 6) is 0.203. The quantitative estimate of drug-likeness (QED) is 0.831. The minimum atomic E-state index is -3.59. The van der Waals surface area contributed by atoms with E-state index in [0.29, 0.717) is 23.7 Å². The second-order valence-corrected chi connectivity index (χ2v) is 7.26. The van der Waals surface area contributed by atoms with Gasteiger partial charge in [-0.3, -0.25) is 0 Å². The van der Waals surface area contributed by atoms with Crippen LogP contribution in [0.15, 0.2) is 17.0 Å². The van der Waals surface area contributed by atoms with Crippen LogP contribution >= 0.6 is 11.6 Å². The van der Waals surface area contributed by atoms with E-state index in [1.54, 1.807) is 13.0 Å². The summed E-state index contributed by atoms with van der Waals surface area (Å²) >= 11 is 5.88. The first-order valence-electron chi connectivity index (χ1n) is 6.48. The number of ether oxygens (including phenoxy) is 1. The van der Waals surface area contributed by atoms with Crippen LogP contribution in [0.5, 0.6) is 0 Å². The van der Waals surface area contributed by atoms with Crippen molar-refractivity contribution in [2.75, 3.05) is 18.9 Å². The zero-order chi connectivity index (χ0) is 14.9. The van der Waals surface area contributed by atoms with E-state index in [1.165, 1.54) is 6.07 Å². The zero-order valence-corrected chi connectivity index (χ0v) is 13.1. The highest BCUT2D eigenvalue weighted by atomic mass is 35.5. The fourth-order valence-corrected chi connectivity index (χ4v) is 3.87. The first kappa shape index (κ1) is 15.6. The Kier molecular flexibility index (Phi) is 4.59. The Morgan fingerprint density at radius 3 is 2.80 bits per heavy atom. The summed E-state index contributed by atoms with van der Waals surface area (Å²) in [7, 11) is -3.59. The van der Waals surface area contributed by atoms with Gasteiger partial charge in [-0.1, -0.05) is 11.6 Å². The summed E-state index contributed by atoms with van der Waals surface area (Å²) in [6, 6.07) is 2.96. The smallest absolute Gasteiger partial charge is 0.240 e. The van der Waals surface area contributed by atoms with E-state index in [4.69, 9.17) is 22.1 Å². The number of nitrogens with two attached hydrogens (primary N) is 1. The molecule has 0 bridgehead atoms. The molecule has 0 amide bonds. The van der Waals surface area contributed by atoms with Gasteiger partial charge in [-0.15, -0.1) is 0 Å². The molecule has 0 saturated carbocycles. The molecule has 0 spiro atoms. The molecule has 2 rings (SSSR count). The van der Waals surface area contributed by atoms with E-state index in [9.17, 15) is 8.42 Å². The van der Waals surface area contributed by atoms with Gasteiger partial charge < -0.3 is 10.5 Å². The van der Waals surface area contributed by atoms with Gasteiger partial charge in [0, 0.05) is 19.1 Å². The number of aryl methyl sites for hydroxylation is 1. The largest absolute Gasteiger partial charge is 0.397 e. The maximum absolute atomic E-state index is 12.3. The molecule has 1 heterocycles. The lowest BCUT2D eigenvalue weighted by Gasteiger charge is -2.16. The van der Waals surface area contributed by atoms with Crippen molar-refractivity contribution in [2.24, 2.45) is 5.92 Å². The van der Waals surface area contributed by atoms with E-state index in [-0.39, 0.29) is 22.6 Å². The number of hydrogen-bond acceptors (Lipinski definition) is 4. The Labute approximate surface area is 124 Å². The summed E-state index contributed by atoms with van der Waals surface area (Å²) in [6.07, 6.45) is 0.944. The van der Waals surface area contributed by atoms with Crippen molar-refractivity contribution in [3.05, 3.63) is 22.7 Å². The van der Waals surface area contributed by atoms with Gasteiger partial charge in [-0.05, 0) is 38.0 Å². The van der Waals surface area contributed by atoms with E-state index >= 15 is 0 Å². The van der Waals surface area contributed by atoms with Crippen LogP contribution in [0.2, 0.25) is 5.02 Å². The lowest BCUT2D eigenvalue weighted by Crippen LogP contribution is -2.32. The minimum Gasteiger partial charge on any atom is -0.397 e. The van der Waals surface area contributed by atoms with Crippen LogP contribution in [-0.2, 0) is 14.8 Å². The Bertz CT molecular complexity index is 604. The molecule has 5 nitrogen and oxygen atoms in total. The number of halogens is 1. The van der Waals surface area contributed by atoms with Crippen molar-refractivity contribution >= 4 is 27.3 Å². The average Bonchev–Trinajstić information content (AvgIpc) is 2.77. The van der Waals surface area contributed by atoms with E-state index in [0.717, 1.165) is 6.42 Å². The second kappa shape index (κ2) is 5.89. The molecule has 1 saturated heterocycles. The number of nitrogen functional groups attached to an aromatic ring is 1. The predicted octanol–water partition coefficient (Wildman–Crippen LogP) is 1.93. The van der Waals surface area contributed by atoms with Crippen LogP contribution in [-0.4, -0.2) is 27.7 Å². The SMILES string of the molecule is Cc1cc(Cl)c(N)cc1S(=O)(=O)NCC1CCOC1C. The molecule has 1 aromatic carbocycles. The highest BCUT2D eigenvalue weighted by molar-refractivity contribution is 7.89. The number of nitrogens with one attached hydrogen (secondary N) is 1. The maximum Gasteiger partial charge on any atom is 0.240 e. The first-order valence-corrected chi connectivity index (χ1v) is 8.34. The van der Waals surface area contributed by atoms with Crippen molar-refractivity contribution in [1.82, 2.24) is 4.72 Å². The Balaban J connectivity index is 2.16. The fraction of sp³-hybridized carbons (Fsp3) is 0.538. The van der Waals surface area contributed by atoms with Crippen molar-refractivity contribution in [1.29, 1.82) is 0 Å². The number of sulfonamides is 1. The second-order valence-electron chi connectivity index (χ2n) is 5.12. The van der Waals surface area contributed by atoms with Gasteiger partial charge in [0.15, 0.2) is 0 Å². The molecular weight excluding hydrogens is 300 g/mol. The molecular formula is C13H19ClN2O3S. The van der Waals surface area contributed by atoms with E-state index in [1.807, 2.05) is 6.92 Å². The topological polar surface area (TPSA) is 81.4 Å². The highest BCUT2D eigenvalue weighted by Gasteiger charge is 2.26. The van der Waals surface area contributed by atoms with E-state index in [2.05, 4.69) is 4.72 Å². The van der Waals surface area contributed by atoms with Crippen molar-refractivity contribution in [3.8, 4) is 0 Å². The van der Waals surface area contributed by atoms with Crippen LogP contribution in [0.4, 0.5) is 5.69 Å². The maximum atomic E-state index is 12.3. The summed E-state index contributed by atoms with van der Waals surface area (Å²) in [4.78, 5) is 0.172. The zero-order valence-electron chi connectivity index (χ0n) is 11.5. The van der Waals surface area contributed by atoms with Crippen molar-refractivity contribution in [3.63, 3.8) is 0 Å². The summed E-state index contributed by atoms with van der Waals surface area (Å²) in [5.41, 5.74) is 6.52. The Morgan fingerprint density at radius 1 is 1.50 bits per heavy atom. The molecule has 1 aromatic rings. The summed E-state index contributed by atoms with van der Waals surface area (Å²) < 4.78 is 32.7. The Hall–Kier alpha value is -0.820. The lowest BCUT2D eigenvalue weighted by atomic mass is 10.0. The van der Waals surface area contributed by atoms with Crippen LogP contribution < -0.4 is 10.5 Å². The molecule has 2 unspecified atom stereocenters. The van der Waals surface area contributed by atoms with Gasteiger partial charge in [-0.25, -0.2) is 13.1 Å². The molecule has 1 aliphatic heterocycles. The number of benzene rings is 1. The van der Waals surface area contributed by atoms with Gasteiger partial charge in [-0.2, -0.15) is 0 Å². The van der Waals surface area contributed by atoms with Gasteiger partial charge in [0.2, 0.25) is 10.0 Å². The Morgan fingerprint density at radius 2 is 2.20 bits per heavy atom. The predicted molar refractivity (Wildman–Crippen MR) is 79.3 cm³/mol. The molecule has 3 N–H and O–H groups in total. The van der Waals surface area contributed by atoms with Crippen LogP contribution in [0.3, 0.4) is 0 Å². The summed E-state index contributed by atoms with van der Waals surface area (Å²) in [5, 5.41) is 0.360. The van der Waals surface area contributed by atoms with Gasteiger partial charge in [0.1, 0.15) is 0 Å². The van der Waals surface area contributed by atoms with Gasteiger partial charge in [0.25, 0.3) is 0 Å². The molecule has 0 aliphatic carbocycles. The van der Waals surface area contributed by atoms with Crippen LogP contribution in [0.25, 0.3) is 0 Å². The molecule has 0 aromatic heterocycles. The molecule has 0 radical (unpaired) electrons.